The molecule has 1 rings (SSSR count). The minimum atomic E-state index is 0. The Hall–Kier alpha value is -0.413. The normalized spacial score (nSPS) is 9.83. The van der Waals surface area contributed by atoms with Crippen LogP contribution in [0.3, 0.4) is 0 Å². The van der Waals surface area contributed by atoms with Gasteiger partial charge in [-0.15, -0.1) is 5.92 Å². The summed E-state index contributed by atoms with van der Waals surface area (Å²) in [7, 11) is 1.66. The molecule has 0 saturated carbocycles. The van der Waals surface area contributed by atoms with Gasteiger partial charge in [0.15, 0.2) is 0 Å². The first-order valence-corrected chi connectivity index (χ1v) is 4.98. The van der Waals surface area contributed by atoms with Gasteiger partial charge in [0.1, 0.15) is 5.75 Å². The predicted octanol–water partition coefficient (Wildman–Crippen LogP) is -0.220. The molecular formula is C13H17CuLiNO2. The predicted molar refractivity (Wildman–Crippen MR) is 62.1 cm³/mol. The molecule has 0 aliphatic heterocycles. The van der Waals surface area contributed by atoms with E-state index in [0.29, 0.717) is 19.1 Å². The third-order valence-electron chi connectivity index (χ3n) is 1.83. The van der Waals surface area contributed by atoms with Crippen molar-refractivity contribution in [1.29, 1.82) is 5.26 Å². The van der Waals surface area contributed by atoms with Crippen molar-refractivity contribution in [1.82, 2.24) is 0 Å². The molecule has 18 heavy (non-hydrogen) atoms. The van der Waals surface area contributed by atoms with Crippen molar-refractivity contribution in [3.8, 4) is 5.75 Å². The minimum absolute atomic E-state index is 0. The standard InChI is InChI=1S/C12H17O2.CN.Cu.Li/c1-10(2)8-14-9-11-4-6-12(13-3)7-5-11;1-2;;/h4-7,10H,1,8-9H2,2-3H3;;;/q2*-1;2*+1/t10-;;;/m0.../s1. The van der Waals surface area contributed by atoms with Crippen molar-refractivity contribution in [2.24, 2.45) is 5.92 Å². The third-order valence-corrected chi connectivity index (χ3v) is 1.83. The molecule has 98 valence electrons. The van der Waals surface area contributed by atoms with Crippen LogP contribution in [-0.4, -0.2) is 13.7 Å². The maximum absolute atomic E-state index is 6.25. The molecule has 0 bridgehead atoms. The zero-order valence-electron chi connectivity index (χ0n) is 11.1. The Kier molecular flexibility index (Phi) is 18.5. The summed E-state index contributed by atoms with van der Waals surface area (Å²) in [6.45, 7) is 12.0. The summed E-state index contributed by atoms with van der Waals surface area (Å²) in [5.41, 5.74) is 1.16. The van der Waals surface area contributed by atoms with Gasteiger partial charge in [0.05, 0.1) is 13.7 Å². The van der Waals surface area contributed by atoms with E-state index in [1.54, 1.807) is 7.11 Å². The molecule has 1 aromatic carbocycles. The van der Waals surface area contributed by atoms with Crippen LogP contribution in [0.15, 0.2) is 24.3 Å². The van der Waals surface area contributed by atoms with Crippen LogP contribution in [-0.2, 0) is 28.4 Å². The molecular weight excluding hydrogens is 273 g/mol. The van der Waals surface area contributed by atoms with E-state index in [-0.39, 0.29) is 35.9 Å². The van der Waals surface area contributed by atoms with Crippen molar-refractivity contribution in [2.75, 3.05) is 13.7 Å². The summed E-state index contributed by atoms with van der Waals surface area (Å²) in [5.74, 6) is 1.22. The topological polar surface area (TPSA) is 42.2 Å². The van der Waals surface area contributed by atoms with E-state index in [1.165, 1.54) is 0 Å². The number of hydrogen-bond donors (Lipinski definition) is 0. The molecule has 5 heteroatoms. The monoisotopic (exact) mass is 289 g/mol. The SMILES string of the molecule is [C-]#N.[CH2-][C@@H](C)COCc1ccc(OC)cc1.[Cu+].[Li+]. The Morgan fingerprint density at radius 1 is 1.28 bits per heavy atom. The van der Waals surface area contributed by atoms with Crippen molar-refractivity contribution in [2.45, 2.75) is 13.5 Å². The number of nitrogens with zero attached hydrogens (tertiary/aromatic N) is 1. The van der Waals surface area contributed by atoms with Gasteiger partial charge in [-0.3, -0.25) is 0 Å². The van der Waals surface area contributed by atoms with Gasteiger partial charge in [-0.25, -0.2) is 0 Å². The number of rotatable bonds is 5. The summed E-state index contributed by atoms with van der Waals surface area (Å²) in [4.78, 5) is 0. The molecule has 0 amide bonds. The first kappa shape index (κ1) is 22.7. The summed E-state index contributed by atoms with van der Waals surface area (Å²) >= 11 is 0. The van der Waals surface area contributed by atoms with Crippen LogP contribution >= 0.6 is 0 Å². The van der Waals surface area contributed by atoms with Crippen LogP contribution in [0.5, 0.6) is 5.75 Å². The summed E-state index contributed by atoms with van der Waals surface area (Å²) < 4.78 is 10.5. The molecule has 0 spiro atoms. The van der Waals surface area contributed by atoms with Crippen molar-refractivity contribution in [3.05, 3.63) is 43.3 Å². The Labute approximate surface area is 133 Å². The summed E-state index contributed by atoms with van der Waals surface area (Å²) in [6.07, 6.45) is 0. The van der Waals surface area contributed by atoms with E-state index in [0.717, 1.165) is 11.3 Å². The van der Waals surface area contributed by atoms with Gasteiger partial charge in [-0.05, 0) is 17.7 Å². The first-order valence-electron chi connectivity index (χ1n) is 4.98. The fraction of sp³-hybridized carbons (Fsp3) is 0.385. The van der Waals surface area contributed by atoms with E-state index in [2.05, 4.69) is 6.92 Å². The molecule has 1 aromatic rings. The maximum atomic E-state index is 6.25. The van der Waals surface area contributed by atoms with E-state index in [9.17, 15) is 0 Å². The molecule has 0 fully saturated rings. The van der Waals surface area contributed by atoms with Crippen LogP contribution in [0.25, 0.3) is 0 Å². The summed E-state index contributed by atoms with van der Waals surface area (Å²) in [5, 5.41) is 6.25. The van der Waals surface area contributed by atoms with Crippen molar-refractivity contribution < 1.29 is 45.4 Å². The molecule has 0 N–H and O–H groups in total. The van der Waals surface area contributed by atoms with Crippen LogP contribution in [0.2, 0.25) is 0 Å². The number of benzene rings is 1. The molecule has 0 saturated heterocycles. The Morgan fingerprint density at radius 3 is 2.17 bits per heavy atom. The second-order valence-corrected chi connectivity index (χ2v) is 3.47. The van der Waals surface area contributed by atoms with Crippen LogP contribution in [0.4, 0.5) is 0 Å². The molecule has 0 aliphatic carbocycles. The third kappa shape index (κ3) is 10.7. The first-order chi connectivity index (χ1) is 7.72. The second-order valence-electron chi connectivity index (χ2n) is 3.47. The fourth-order valence-electron chi connectivity index (χ4n) is 1.10. The maximum Gasteiger partial charge on any atom is 1.00 e. The smallest absolute Gasteiger partial charge is 0.512 e. The van der Waals surface area contributed by atoms with Crippen molar-refractivity contribution >= 4 is 0 Å². The van der Waals surface area contributed by atoms with Gasteiger partial charge in [0.2, 0.25) is 0 Å². The quantitative estimate of drug-likeness (QED) is 0.556. The molecule has 0 heterocycles. The molecule has 0 aromatic heterocycles. The molecule has 0 aliphatic rings. The zero-order valence-corrected chi connectivity index (χ0v) is 12.0. The van der Waals surface area contributed by atoms with Gasteiger partial charge in [-0.1, -0.05) is 19.1 Å². The van der Waals surface area contributed by atoms with Crippen molar-refractivity contribution in [3.63, 3.8) is 0 Å². The molecule has 0 radical (unpaired) electrons. The van der Waals surface area contributed by atoms with Crippen LogP contribution < -0.4 is 23.6 Å². The van der Waals surface area contributed by atoms with Gasteiger partial charge in [-0.2, -0.15) is 0 Å². The van der Waals surface area contributed by atoms with E-state index < -0.39 is 0 Å². The Bertz CT molecular complexity index is 302. The largest absolute Gasteiger partial charge is 1.00 e. The minimum Gasteiger partial charge on any atom is -0.512 e. The number of ether oxygens (including phenoxy) is 2. The van der Waals surface area contributed by atoms with Gasteiger partial charge >= 0.3 is 35.9 Å². The summed E-state index contributed by atoms with van der Waals surface area (Å²) in [6, 6.07) is 7.89. The van der Waals surface area contributed by atoms with E-state index in [4.69, 9.17) is 21.3 Å². The van der Waals surface area contributed by atoms with Gasteiger partial charge in [0, 0.05) is 6.61 Å². The zero-order chi connectivity index (χ0) is 12.4. The van der Waals surface area contributed by atoms with Crippen LogP contribution in [0, 0.1) is 24.7 Å². The van der Waals surface area contributed by atoms with E-state index in [1.807, 2.05) is 31.2 Å². The van der Waals surface area contributed by atoms with Gasteiger partial charge in [0.25, 0.3) is 0 Å². The fourth-order valence-corrected chi connectivity index (χ4v) is 1.10. The van der Waals surface area contributed by atoms with Gasteiger partial charge < -0.3 is 28.2 Å². The Balaban J connectivity index is -0.000000534. The van der Waals surface area contributed by atoms with E-state index >= 15 is 0 Å². The number of methoxy groups -OCH3 is 1. The number of hydrogen-bond acceptors (Lipinski definition) is 3. The Morgan fingerprint density at radius 2 is 1.78 bits per heavy atom. The molecule has 0 unspecified atom stereocenters. The molecule has 3 nitrogen and oxygen atoms in total. The second kappa shape index (κ2) is 14.6. The van der Waals surface area contributed by atoms with Crippen LogP contribution in [0.1, 0.15) is 12.5 Å². The average molecular weight is 290 g/mol. The molecule has 1 atom stereocenters. The average Bonchev–Trinajstić information content (AvgIpc) is 2.32.